The first-order valence-corrected chi connectivity index (χ1v) is 9.20. The van der Waals surface area contributed by atoms with Crippen LogP contribution in [0.1, 0.15) is 18.9 Å². The first-order valence-electron chi connectivity index (χ1n) is 8.83. The topological polar surface area (TPSA) is 53.9 Å². The van der Waals surface area contributed by atoms with Crippen molar-refractivity contribution in [3.8, 4) is 22.4 Å². The Balaban J connectivity index is 1.91. The molecule has 1 N–H and O–H groups in total. The summed E-state index contributed by atoms with van der Waals surface area (Å²) in [6.45, 7) is 2.01. The molecule has 1 aliphatic heterocycles. The van der Waals surface area contributed by atoms with Gasteiger partial charge in [-0.3, -0.25) is 19.6 Å². The van der Waals surface area contributed by atoms with Crippen molar-refractivity contribution in [2.75, 3.05) is 20.1 Å². The Labute approximate surface area is 157 Å². The Kier molecular flexibility index (Phi) is 4.66. The predicted octanol–water partition coefficient (Wildman–Crippen LogP) is 3.83. The van der Waals surface area contributed by atoms with E-state index < -0.39 is 0 Å². The molecule has 134 valence electrons. The third kappa shape index (κ3) is 3.20. The van der Waals surface area contributed by atoms with Gasteiger partial charge in [0, 0.05) is 29.5 Å². The van der Waals surface area contributed by atoms with Gasteiger partial charge in [-0.1, -0.05) is 23.7 Å². The quantitative estimate of drug-likeness (QED) is 0.764. The van der Waals surface area contributed by atoms with Gasteiger partial charge in [0.1, 0.15) is 0 Å². The van der Waals surface area contributed by atoms with E-state index in [0.29, 0.717) is 10.6 Å². The highest BCUT2D eigenvalue weighted by Crippen LogP contribution is 2.33. The molecule has 0 radical (unpaired) electrons. The summed E-state index contributed by atoms with van der Waals surface area (Å²) in [5.74, 6) is 0. The summed E-state index contributed by atoms with van der Waals surface area (Å²) < 4.78 is 2.05. The van der Waals surface area contributed by atoms with Gasteiger partial charge in [-0.15, -0.1) is 0 Å². The average molecular weight is 369 g/mol. The molecule has 0 amide bonds. The fraction of sp³-hybridized carbons (Fsp3) is 0.300. The van der Waals surface area contributed by atoms with Crippen LogP contribution in [0.2, 0.25) is 5.02 Å². The Hall–Kier alpha value is -2.37. The number of benzene rings is 1. The van der Waals surface area contributed by atoms with Gasteiger partial charge >= 0.3 is 0 Å². The van der Waals surface area contributed by atoms with Crippen LogP contribution in [0.25, 0.3) is 22.4 Å². The first kappa shape index (κ1) is 17.1. The number of nitrogens with zero attached hydrogens (tertiary/aromatic N) is 3. The molecule has 1 aliphatic rings. The average Bonchev–Trinajstić information content (AvgIpc) is 3.00. The number of H-pyrrole nitrogens is 1. The highest BCUT2D eigenvalue weighted by atomic mass is 35.5. The molecule has 0 bridgehead atoms. The lowest BCUT2D eigenvalue weighted by molar-refractivity contribution is 0.203. The number of hydrogen-bond acceptors (Lipinski definition) is 3. The second kappa shape index (κ2) is 7.09. The second-order valence-corrected chi connectivity index (χ2v) is 7.27. The highest BCUT2D eigenvalue weighted by Gasteiger charge is 2.26. The van der Waals surface area contributed by atoms with Crippen molar-refractivity contribution in [2.45, 2.75) is 18.9 Å². The maximum Gasteiger partial charge on any atom is 0.272 e. The molecule has 0 aliphatic carbocycles. The third-order valence-corrected chi connectivity index (χ3v) is 5.23. The second-order valence-electron chi connectivity index (χ2n) is 6.84. The molecule has 0 spiro atoms. The van der Waals surface area contributed by atoms with Crippen molar-refractivity contribution in [3.63, 3.8) is 0 Å². The van der Waals surface area contributed by atoms with Crippen molar-refractivity contribution < 1.29 is 0 Å². The van der Waals surface area contributed by atoms with Gasteiger partial charge < -0.3 is 4.90 Å². The normalized spacial score (nSPS) is 18.2. The zero-order valence-corrected chi connectivity index (χ0v) is 15.4. The Morgan fingerprint density at radius 3 is 2.54 bits per heavy atom. The van der Waals surface area contributed by atoms with Crippen molar-refractivity contribution >= 4 is 11.6 Å². The molecular formula is C20H21ClN4O. The number of aromatic nitrogens is 3. The molecule has 1 saturated heterocycles. The van der Waals surface area contributed by atoms with Crippen LogP contribution >= 0.6 is 11.6 Å². The van der Waals surface area contributed by atoms with Crippen LogP contribution in [-0.2, 0) is 0 Å². The van der Waals surface area contributed by atoms with Crippen molar-refractivity contribution in [3.05, 3.63) is 64.2 Å². The minimum Gasteiger partial charge on any atom is -0.304 e. The summed E-state index contributed by atoms with van der Waals surface area (Å²) in [5, 5.41) is 3.75. The zero-order valence-electron chi connectivity index (χ0n) is 14.7. The van der Waals surface area contributed by atoms with Gasteiger partial charge in [-0.2, -0.15) is 0 Å². The molecule has 0 saturated carbocycles. The van der Waals surface area contributed by atoms with E-state index in [-0.39, 0.29) is 11.6 Å². The summed E-state index contributed by atoms with van der Waals surface area (Å²) in [4.78, 5) is 19.3. The SMILES string of the molecule is CN1CCCC(n2[nH]c(=O)c(-c3ccc(Cl)cc3)c2-c2ccncc2)C1. The first-order chi connectivity index (χ1) is 12.6. The monoisotopic (exact) mass is 368 g/mol. The Bertz CT molecular complexity index is 946. The van der Waals surface area contributed by atoms with E-state index in [0.717, 1.165) is 42.8 Å². The van der Waals surface area contributed by atoms with E-state index in [4.69, 9.17) is 11.6 Å². The molecule has 6 heteroatoms. The van der Waals surface area contributed by atoms with Gasteiger partial charge in [0.2, 0.25) is 0 Å². The summed E-state index contributed by atoms with van der Waals surface area (Å²) in [5.41, 5.74) is 3.37. The van der Waals surface area contributed by atoms with Crippen LogP contribution in [0.4, 0.5) is 0 Å². The van der Waals surface area contributed by atoms with E-state index in [2.05, 4.69) is 26.7 Å². The van der Waals surface area contributed by atoms with Crippen LogP contribution < -0.4 is 5.56 Å². The van der Waals surface area contributed by atoms with E-state index in [1.807, 2.05) is 36.4 Å². The summed E-state index contributed by atoms with van der Waals surface area (Å²) in [6, 6.07) is 11.6. The molecular weight excluding hydrogens is 348 g/mol. The van der Waals surface area contributed by atoms with E-state index in [1.54, 1.807) is 12.4 Å². The number of hydrogen-bond donors (Lipinski definition) is 1. The number of rotatable bonds is 3. The molecule has 1 fully saturated rings. The van der Waals surface area contributed by atoms with E-state index >= 15 is 0 Å². The lowest BCUT2D eigenvalue weighted by Gasteiger charge is -2.31. The van der Waals surface area contributed by atoms with Crippen molar-refractivity contribution in [2.24, 2.45) is 0 Å². The van der Waals surface area contributed by atoms with E-state index in [1.165, 1.54) is 0 Å². The number of pyridine rings is 1. The fourth-order valence-electron chi connectivity index (χ4n) is 3.75. The largest absolute Gasteiger partial charge is 0.304 e. The highest BCUT2D eigenvalue weighted by molar-refractivity contribution is 6.30. The summed E-state index contributed by atoms with van der Waals surface area (Å²) in [6.07, 6.45) is 5.69. The molecule has 4 rings (SSSR count). The number of nitrogens with one attached hydrogen (secondary N) is 1. The number of piperidine rings is 1. The molecule has 26 heavy (non-hydrogen) atoms. The molecule has 1 atom stereocenters. The molecule has 1 aromatic carbocycles. The van der Waals surface area contributed by atoms with Crippen LogP contribution in [0.3, 0.4) is 0 Å². The van der Waals surface area contributed by atoms with Crippen LogP contribution in [0.15, 0.2) is 53.6 Å². The molecule has 5 nitrogen and oxygen atoms in total. The Morgan fingerprint density at radius 1 is 1.12 bits per heavy atom. The van der Waals surface area contributed by atoms with Crippen molar-refractivity contribution in [1.82, 2.24) is 19.7 Å². The zero-order chi connectivity index (χ0) is 18.1. The third-order valence-electron chi connectivity index (χ3n) is 4.98. The minimum atomic E-state index is -0.0765. The van der Waals surface area contributed by atoms with Gasteiger partial charge in [-0.25, -0.2) is 0 Å². The smallest absolute Gasteiger partial charge is 0.272 e. The summed E-state index contributed by atoms with van der Waals surface area (Å²) in [7, 11) is 2.12. The molecule has 2 aromatic heterocycles. The summed E-state index contributed by atoms with van der Waals surface area (Å²) >= 11 is 6.03. The van der Waals surface area contributed by atoms with Crippen molar-refractivity contribution in [1.29, 1.82) is 0 Å². The molecule has 3 heterocycles. The number of likely N-dealkylation sites (tertiary alicyclic amines) is 1. The number of aromatic amines is 1. The van der Waals surface area contributed by atoms with Gasteiger partial charge in [-0.05, 0) is 56.3 Å². The molecule has 1 unspecified atom stereocenters. The fourth-order valence-corrected chi connectivity index (χ4v) is 3.88. The van der Waals surface area contributed by atoms with E-state index in [9.17, 15) is 4.79 Å². The number of likely N-dealkylation sites (N-methyl/N-ethyl adjacent to an activating group) is 1. The predicted molar refractivity (Wildman–Crippen MR) is 104 cm³/mol. The standard InChI is InChI=1S/C20H21ClN4O/c1-24-12-2-3-17(13-24)25-19(15-8-10-22-11-9-15)18(20(26)23-25)14-4-6-16(21)7-5-14/h4-11,17H,2-3,12-13H2,1H3,(H,23,26). The maximum atomic E-state index is 12.9. The van der Waals surface area contributed by atoms with Crippen LogP contribution in [-0.4, -0.2) is 39.8 Å². The number of halogens is 1. The van der Waals surface area contributed by atoms with Gasteiger partial charge in [0.05, 0.1) is 17.3 Å². The lowest BCUT2D eigenvalue weighted by atomic mass is 10.0. The minimum absolute atomic E-state index is 0.0765. The maximum absolute atomic E-state index is 12.9. The van der Waals surface area contributed by atoms with Gasteiger partial charge in [0.15, 0.2) is 0 Å². The van der Waals surface area contributed by atoms with Crippen LogP contribution in [0, 0.1) is 0 Å². The van der Waals surface area contributed by atoms with Gasteiger partial charge in [0.25, 0.3) is 5.56 Å². The Morgan fingerprint density at radius 2 is 1.85 bits per heavy atom. The van der Waals surface area contributed by atoms with Crippen LogP contribution in [0.5, 0.6) is 0 Å². The molecule has 3 aromatic rings. The lowest BCUT2D eigenvalue weighted by Crippen LogP contribution is -2.34.